The molecule has 3 heteroatoms. The molecule has 0 aliphatic rings. The predicted molar refractivity (Wildman–Crippen MR) is 78.6 cm³/mol. The highest BCUT2D eigenvalue weighted by Gasteiger charge is 2.09. The Hall–Kier alpha value is -0.800. The molecule has 1 atom stereocenters. The molecule has 0 spiro atoms. The summed E-state index contributed by atoms with van der Waals surface area (Å²) in [5.74, 6) is 0.773. The van der Waals surface area contributed by atoms with E-state index in [1.165, 1.54) is 6.07 Å². The van der Waals surface area contributed by atoms with Gasteiger partial charge in [0.2, 0.25) is 0 Å². The Labute approximate surface area is 114 Å². The van der Waals surface area contributed by atoms with Crippen LogP contribution in [0.2, 0.25) is 0 Å². The Morgan fingerprint density at radius 1 is 1.44 bits per heavy atom. The Morgan fingerprint density at radius 3 is 2.89 bits per heavy atom. The summed E-state index contributed by atoms with van der Waals surface area (Å²) in [7, 11) is 0. The van der Waals surface area contributed by atoms with Crippen LogP contribution in [0, 0.1) is 5.82 Å². The van der Waals surface area contributed by atoms with E-state index in [4.69, 9.17) is 0 Å². The Morgan fingerprint density at radius 2 is 2.22 bits per heavy atom. The van der Waals surface area contributed by atoms with Crippen LogP contribution in [0.1, 0.15) is 26.2 Å². The lowest BCUT2D eigenvalue weighted by molar-refractivity contribution is 0.523. The highest BCUT2D eigenvalue weighted by atomic mass is 32.2. The molecule has 0 heterocycles. The summed E-state index contributed by atoms with van der Waals surface area (Å²) in [6.07, 6.45) is 5.12. The van der Waals surface area contributed by atoms with Crippen LogP contribution < -0.4 is 5.32 Å². The number of allylic oxidation sites excluding steroid dienone is 1. The monoisotopic (exact) mass is 267 g/mol. The van der Waals surface area contributed by atoms with Crippen LogP contribution in [0.25, 0.3) is 0 Å². The molecule has 0 radical (unpaired) electrons. The Kier molecular flexibility index (Phi) is 7.78. The molecule has 1 unspecified atom stereocenters. The maximum atomic E-state index is 13.5. The van der Waals surface area contributed by atoms with Crippen LogP contribution in [-0.4, -0.2) is 18.3 Å². The second kappa shape index (κ2) is 9.17. The minimum Gasteiger partial charge on any atom is -0.313 e. The Bertz CT molecular complexity index is 354. The van der Waals surface area contributed by atoms with E-state index in [0.717, 1.165) is 36.5 Å². The van der Waals surface area contributed by atoms with Crippen molar-refractivity contribution >= 4 is 11.8 Å². The van der Waals surface area contributed by atoms with Gasteiger partial charge in [-0.2, -0.15) is 0 Å². The number of halogens is 1. The maximum Gasteiger partial charge on any atom is 0.136 e. The third-order valence-electron chi connectivity index (χ3n) is 2.68. The first kappa shape index (κ1) is 15.3. The lowest BCUT2D eigenvalue weighted by atomic mass is 10.2. The molecule has 0 fully saturated rings. The van der Waals surface area contributed by atoms with Crippen LogP contribution in [0.15, 0.2) is 41.8 Å². The number of benzene rings is 1. The van der Waals surface area contributed by atoms with E-state index in [1.54, 1.807) is 17.8 Å². The van der Waals surface area contributed by atoms with Gasteiger partial charge < -0.3 is 5.32 Å². The molecule has 0 amide bonds. The first-order valence-electron chi connectivity index (χ1n) is 6.49. The van der Waals surface area contributed by atoms with Gasteiger partial charge >= 0.3 is 0 Å². The summed E-state index contributed by atoms with van der Waals surface area (Å²) in [4.78, 5) is 0.736. The average molecular weight is 267 g/mol. The molecule has 1 aromatic carbocycles. The molecule has 18 heavy (non-hydrogen) atoms. The Balaban J connectivity index is 2.44. The fourth-order valence-corrected chi connectivity index (χ4v) is 2.71. The van der Waals surface area contributed by atoms with E-state index in [2.05, 4.69) is 18.8 Å². The third-order valence-corrected chi connectivity index (χ3v) is 3.89. The largest absolute Gasteiger partial charge is 0.313 e. The molecule has 1 rings (SSSR count). The van der Waals surface area contributed by atoms with Crippen molar-refractivity contribution in [3.63, 3.8) is 0 Å². The fourth-order valence-electron chi connectivity index (χ4n) is 1.66. The maximum absolute atomic E-state index is 13.5. The molecule has 0 aliphatic heterocycles. The first-order valence-corrected chi connectivity index (χ1v) is 7.48. The highest BCUT2D eigenvalue weighted by Crippen LogP contribution is 2.22. The number of thioether (sulfide) groups is 1. The molecule has 1 nitrogen and oxygen atoms in total. The zero-order valence-electron chi connectivity index (χ0n) is 11.0. The normalized spacial score (nSPS) is 12.3. The SMILES string of the molecule is C=CCCC(CSc1ccccc1F)NCCC. The van der Waals surface area contributed by atoms with Crippen molar-refractivity contribution in [3.05, 3.63) is 42.7 Å². The molecular weight excluding hydrogens is 245 g/mol. The van der Waals surface area contributed by atoms with Gasteiger partial charge in [0.25, 0.3) is 0 Å². The van der Waals surface area contributed by atoms with E-state index < -0.39 is 0 Å². The number of hydrogen-bond acceptors (Lipinski definition) is 2. The molecule has 0 saturated carbocycles. The molecule has 100 valence electrons. The minimum atomic E-state index is -0.125. The molecular formula is C15H22FNS. The van der Waals surface area contributed by atoms with Crippen molar-refractivity contribution in [2.45, 2.75) is 37.1 Å². The summed E-state index contributed by atoms with van der Waals surface area (Å²) >= 11 is 1.58. The van der Waals surface area contributed by atoms with Crippen LogP contribution in [0.5, 0.6) is 0 Å². The minimum absolute atomic E-state index is 0.125. The topological polar surface area (TPSA) is 12.0 Å². The number of rotatable bonds is 9. The molecule has 1 N–H and O–H groups in total. The lowest BCUT2D eigenvalue weighted by Crippen LogP contribution is -2.31. The summed E-state index contributed by atoms with van der Waals surface area (Å²) in [5, 5.41) is 3.50. The molecule has 0 saturated heterocycles. The van der Waals surface area contributed by atoms with Crippen LogP contribution in [-0.2, 0) is 0 Å². The average Bonchev–Trinajstić information content (AvgIpc) is 2.39. The van der Waals surface area contributed by atoms with Gasteiger partial charge in [-0.1, -0.05) is 25.1 Å². The standard InChI is InChI=1S/C15H22FNS/c1-3-5-8-13(17-11-4-2)12-18-15-10-7-6-9-14(15)16/h3,6-7,9-10,13,17H,1,4-5,8,11-12H2,2H3. The van der Waals surface area contributed by atoms with Gasteiger partial charge in [0.15, 0.2) is 0 Å². The van der Waals surface area contributed by atoms with Gasteiger partial charge in [0.1, 0.15) is 5.82 Å². The van der Waals surface area contributed by atoms with Crippen molar-refractivity contribution in [1.82, 2.24) is 5.32 Å². The van der Waals surface area contributed by atoms with Crippen molar-refractivity contribution in [2.75, 3.05) is 12.3 Å². The van der Waals surface area contributed by atoms with Gasteiger partial charge in [0.05, 0.1) is 0 Å². The van der Waals surface area contributed by atoms with Crippen molar-refractivity contribution in [2.24, 2.45) is 0 Å². The summed E-state index contributed by atoms with van der Waals surface area (Å²) in [5.41, 5.74) is 0. The van der Waals surface area contributed by atoms with Gasteiger partial charge in [-0.3, -0.25) is 0 Å². The first-order chi connectivity index (χ1) is 8.77. The second-order valence-corrected chi connectivity index (χ2v) is 5.32. The van der Waals surface area contributed by atoms with Gasteiger partial charge in [0, 0.05) is 16.7 Å². The third kappa shape index (κ3) is 5.69. The van der Waals surface area contributed by atoms with Crippen LogP contribution in [0.4, 0.5) is 4.39 Å². The molecule has 0 aromatic heterocycles. The van der Waals surface area contributed by atoms with E-state index in [9.17, 15) is 4.39 Å². The molecule has 0 bridgehead atoms. The zero-order chi connectivity index (χ0) is 13.2. The van der Waals surface area contributed by atoms with Crippen LogP contribution >= 0.6 is 11.8 Å². The molecule has 0 aliphatic carbocycles. The number of nitrogens with one attached hydrogen (secondary N) is 1. The highest BCUT2D eigenvalue weighted by molar-refractivity contribution is 7.99. The summed E-state index contributed by atoms with van der Waals surface area (Å²) in [6, 6.07) is 7.38. The van der Waals surface area contributed by atoms with Crippen molar-refractivity contribution in [1.29, 1.82) is 0 Å². The molecule has 1 aromatic rings. The van der Waals surface area contributed by atoms with Gasteiger partial charge in [-0.25, -0.2) is 4.39 Å². The van der Waals surface area contributed by atoms with E-state index >= 15 is 0 Å². The quantitative estimate of drug-likeness (QED) is 0.530. The smallest absolute Gasteiger partial charge is 0.136 e. The van der Waals surface area contributed by atoms with Gasteiger partial charge in [-0.05, 0) is 37.9 Å². The lowest BCUT2D eigenvalue weighted by Gasteiger charge is -2.17. The zero-order valence-corrected chi connectivity index (χ0v) is 11.8. The van der Waals surface area contributed by atoms with E-state index in [-0.39, 0.29) is 5.82 Å². The van der Waals surface area contributed by atoms with E-state index in [1.807, 2.05) is 18.2 Å². The second-order valence-electron chi connectivity index (χ2n) is 4.26. The van der Waals surface area contributed by atoms with Crippen molar-refractivity contribution < 1.29 is 4.39 Å². The summed E-state index contributed by atoms with van der Waals surface area (Å²) < 4.78 is 13.5. The van der Waals surface area contributed by atoms with Crippen molar-refractivity contribution in [3.8, 4) is 0 Å². The van der Waals surface area contributed by atoms with Crippen LogP contribution in [0.3, 0.4) is 0 Å². The van der Waals surface area contributed by atoms with E-state index in [0.29, 0.717) is 6.04 Å². The number of hydrogen-bond donors (Lipinski definition) is 1. The summed E-state index contributed by atoms with van der Waals surface area (Å²) in [6.45, 7) is 6.92. The van der Waals surface area contributed by atoms with Gasteiger partial charge in [-0.15, -0.1) is 18.3 Å². The predicted octanol–water partition coefficient (Wildman–Crippen LogP) is 4.25. The fraction of sp³-hybridized carbons (Fsp3) is 0.467.